The Morgan fingerprint density at radius 1 is 1.11 bits per heavy atom. The Labute approximate surface area is 164 Å². The molecule has 3 aromatic rings. The number of benzene rings is 1. The molecule has 0 unspecified atom stereocenters. The number of nitrogens with one attached hydrogen (secondary N) is 1. The third-order valence-corrected chi connectivity index (χ3v) is 5.77. The largest absolute Gasteiger partial charge is 0.353 e. The molecule has 2 saturated heterocycles. The molecule has 2 aliphatic heterocycles. The first-order valence-corrected chi connectivity index (χ1v) is 9.82. The van der Waals surface area contributed by atoms with Gasteiger partial charge in [0, 0.05) is 67.7 Å². The molecule has 2 atom stereocenters. The lowest BCUT2D eigenvalue weighted by atomic mass is 9.93. The van der Waals surface area contributed by atoms with Crippen LogP contribution in [0.4, 0.5) is 0 Å². The molecule has 6 heteroatoms. The molecule has 2 aromatic heterocycles. The maximum Gasteiger partial charge on any atom is 0.220 e. The highest BCUT2D eigenvalue weighted by atomic mass is 16.2. The number of fused-ring (bicyclic) bond motifs is 1. The second-order valence-corrected chi connectivity index (χ2v) is 7.68. The van der Waals surface area contributed by atoms with Crippen molar-refractivity contribution in [2.75, 3.05) is 13.1 Å². The Morgan fingerprint density at radius 3 is 2.75 bits per heavy atom. The van der Waals surface area contributed by atoms with Crippen molar-refractivity contribution in [1.82, 2.24) is 25.0 Å². The number of pyridine rings is 1. The van der Waals surface area contributed by atoms with E-state index >= 15 is 0 Å². The van der Waals surface area contributed by atoms with Crippen LogP contribution < -0.4 is 5.32 Å². The summed E-state index contributed by atoms with van der Waals surface area (Å²) in [6.45, 7) is 2.78. The van der Waals surface area contributed by atoms with Gasteiger partial charge < -0.3 is 5.32 Å². The first kappa shape index (κ1) is 17.1. The third-order valence-electron chi connectivity index (χ3n) is 5.77. The van der Waals surface area contributed by atoms with Gasteiger partial charge >= 0.3 is 0 Å². The zero-order valence-corrected chi connectivity index (χ0v) is 15.7. The van der Waals surface area contributed by atoms with Gasteiger partial charge in [-0.05, 0) is 30.7 Å². The summed E-state index contributed by atoms with van der Waals surface area (Å²) in [6, 6.07) is 14.6. The average Bonchev–Trinajstić information content (AvgIpc) is 3.32. The molecular formula is C22H23N5O. The molecule has 1 N–H and O–H groups in total. The third kappa shape index (κ3) is 3.31. The lowest BCUT2D eigenvalue weighted by Crippen LogP contribution is -2.44. The summed E-state index contributed by atoms with van der Waals surface area (Å²) in [5.41, 5.74) is 4.32. The van der Waals surface area contributed by atoms with Crippen LogP contribution in [-0.2, 0) is 11.3 Å². The summed E-state index contributed by atoms with van der Waals surface area (Å²) in [5, 5.41) is 8.00. The van der Waals surface area contributed by atoms with E-state index in [4.69, 9.17) is 5.10 Å². The van der Waals surface area contributed by atoms with Gasteiger partial charge in [0.1, 0.15) is 0 Å². The summed E-state index contributed by atoms with van der Waals surface area (Å²) in [6.07, 6.45) is 7.43. The molecule has 2 aliphatic rings. The van der Waals surface area contributed by atoms with E-state index in [-0.39, 0.29) is 5.91 Å². The van der Waals surface area contributed by atoms with Crippen LogP contribution in [0, 0.1) is 5.92 Å². The van der Waals surface area contributed by atoms with E-state index < -0.39 is 0 Å². The van der Waals surface area contributed by atoms with Crippen LogP contribution >= 0.6 is 0 Å². The zero-order valence-electron chi connectivity index (χ0n) is 15.7. The summed E-state index contributed by atoms with van der Waals surface area (Å²) >= 11 is 0. The number of carbonyl (C=O) groups is 1. The molecule has 2 fully saturated rings. The Bertz CT molecular complexity index is 969. The van der Waals surface area contributed by atoms with E-state index in [1.54, 1.807) is 0 Å². The normalized spacial score (nSPS) is 22.1. The number of amides is 1. The number of nitrogens with zero attached hydrogens (tertiary/aromatic N) is 4. The van der Waals surface area contributed by atoms with Crippen molar-refractivity contribution in [3.05, 3.63) is 66.6 Å². The standard InChI is InChI=1S/C22H23N5O/c28-21-12-17-13-26(11-8-20(17)24-21)14-18-15-27(19-4-2-1-3-5-19)25-22(18)16-6-9-23-10-7-16/h1-7,9-10,15,17,20H,8,11-14H2,(H,24,28)/t17-,20+/m1/s1. The van der Waals surface area contributed by atoms with Crippen LogP contribution in [0.15, 0.2) is 61.1 Å². The van der Waals surface area contributed by atoms with Gasteiger partial charge in [0.2, 0.25) is 5.91 Å². The van der Waals surface area contributed by atoms with E-state index in [9.17, 15) is 4.79 Å². The molecule has 28 heavy (non-hydrogen) atoms. The Balaban J connectivity index is 1.44. The highest BCUT2D eigenvalue weighted by molar-refractivity contribution is 5.79. The average molecular weight is 373 g/mol. The lowest BCUT2D eigenvalue weighted by molar-refractivity contribution is -0.119. The summed E-state index contributed by atoms with van der Waals surface area (Å²) in [4.78, 5) is 18.3. The van der Waals surface area contributed by atoms with Gasteiger partial charge in [-0.3, -0.25) is 14.7 Å². The van der Waals surface area contributed by atoms with Gasteiger partial charge in [-0.25, -0.2) is 4.68 Å². The van der Waals surface area contributed by atoms with Gasteiger partial charge in [0.25, 0.3) is 0 Å². The fourth-order valence-corrected chi connectivity index (χ4v) is 4.38. The van der Waals surface area contributed by atoms with Gasteiger partial charge in [-0.15, -0.1) is 0 Å². The first-order valence-electron chi connectivity index (χ1n) is 9.82. The molecule has 0 saturated carbocycles. The van der Waals surface area contributed by atoms with E-state index in [1.807, 2.05) is 47.4 Å². The second-order valence-electron chi connectivity index (χ2n) is 7.68. The van der Waals surface area contributed by atoms with E-state index in [0.29, 0.717) is 18.4 Å². The molecule has 1 amide bonds. The topological polar surface area (TPSA) is 63.1 Å². The predicted octanol–water partition coefficient (Wildman–Crippen LogP) is 2.64. The molecule has 0 aliphatic carbocycles. The first-order chi connectivity index (χ1) is 13.8. The van der Waals surface area contributed by atoms with Crippen molar-refractivity contribution in [2.45, 2.75) is 25.4 Å². The molecule has 6 nitrogen and oxygen atoms in total. The van der Waals surface area contributed by atoms with Crippen molar-refractivity contribution < 1.29 is 4.79 Å². The van der Waals surface area contributed by atoms with E-state index in [2.05, 4.69) is 33.5 Å². The Hall–Kier alpha value is -2.99. The lowest BCUT2D eigenvalue weighted by Gasteiger charge is -2.34. The maximum atomic E-state index is 11.7. The molecule has 1 aromatic carbocycles. The molecule has 4 heterocycles. The Kier molecular flexibility index (Phi) is 4.41. The van der Waals surface area contributed by atoms with Crippen molar-refractivity contribution in [3.63, 3.8) is 0 Å². The smallest absolute Gasteiger partial charge is 0.220 e. The molecule has 0 spiro atoms. The summed E-state index contributed by atoms with van der Waals surface area (Å²) in [5.74, 6) is 0.626. The highest BCUT2D eigenvalue weighted by Crippen LogP contribution is 2.29. The summed E-state index contributed by atoms with van der Waals surface area (Å²) in [7, 11) is 0. The van der Waals surface area contributed by atoms with Crippen LogP contribution in [0.1, 0.15) is 18.4 Å². The molecule has 0 radical (unpaired) electrons. The number of aromatic nitrogens is 3. The zero-order chi connectivity index (χ0) is 18.9. The minimum Gasteiger partial charge on any atom is -0.353 e. The van der Waals surface area contributed by atoms with Crippen LogP contribution in [-0.4, -0.2) is 44.7 Å². The number of para-hydroxylation sites is 1. The molecule has 142 valence electrons. The predicted molar refractivity (Wildman–Crippen MR) is 107 cm³/mol. The van der Waals surface area contributed by atoms with Crippen LogP contribution in [0.2, 0.25) is 0 Å². The van der Waals surface area contributed by atoms with E-state index in [1.165, 1.54) is 5.56 Å². The number of hydrogen-bond donors (Lipinski definition) is 1. The SMILES string of the molecule is O=C1C[C@@H]2CN(Cc3cn(-c4ccccc4)nc3-c3ccncc3)CC[C@@H]2N1. The molecule has 0 bridgehead atoms. The van der Waals surface area contributed by atoms with Gasteiger partial charge in [0.15, 0.2) is 0 Å². The van der Waals surface area contributed by atoms with Gasteiger partial charge in [-0.2, -0.15) is 5.10 Å². The number of likely N-dealkylation sites (tertiary alicyclic amines) is 1. The number of rotatable bonds is 4. The maximum absolute atomic E-state index is 11.7. The van der Waals surface area contributed by atoms with Gasteiger partial charge in [-0.1, -0.05) is 18.2 Å². The molecule has 5 rings (SSSR count). The molecular weight excluding hydrogens is 350 g/mol. The number of carbonyl (C=O) groups excluding carboxylic acids is 1. The van der Waals surface area contributed by atoms with Crippen molar-refractivity contribution >= 4 is 5.91 Å². The number of hydrogen-bond acceptors (Lipinski definition) is 4. The van der Waals surface area contributed by atoms with Crippen molar-refractivity contribution in [2.24, 2.45) is 5.92 Å². The van der Waals surface area contributed by atoms with E-state index in [0.717, 1.165) is 43.0 Å². The van der Waals surface area contributed by atoms with Crippen LogP contribution in [0.5, 0.6) is 0 Å². The fraction of sp³-hybridized carbons (Fsp3) is 0.318. The van der Waals surface area contributed by atoms with Crippen LogP contribution in [0.3, 0.4) is 0 Å². The fourth-order valence-electron chi connectivity index (χ4n) is 4.38. The monoisotopic (exact) mass is 373 g/mol. The minimum atomic E-state index is 0.200. The minimum absolute atomic E-state index is 0.200. The quantitative estimate of drug-likeness (QED) is 0.764. The van der Waals surface area contributed by atoms with Crippen LogP contribution in [0.25, 0.3) is 16.9 Å². The number of piperidine rings is 1. The Morgan fingerprint density at radius 2 is 1.93 bits per heavy atom. The van der Waals surface area contributed by atoms with Crippen molar-refractivity contribution in [3.8, 4) is 16.9 Å². The van der Waals surface area contributed by atoms with Crippen molar-refractivity contribution in [1.29, 1.82) is 0 Å². The second kappa shape index (κ2) is 7.20. The summed E-state index contributed by atoms with van der Waals surface area (Å²) < 4.78 is 1.96. The highest BCUT2D eigenvalue weighted by Gasteiger charge is 2.36. The van der Waals surface area contributed by atoms with Gasteiger partial charge in [0.05, 0.1) is 11.4 Å².